The third kappa shape index (κ3) is 8.84. The fraction of sp³-hybridized carbons (Fsp3) is 0.606. The van der Waals surface area contributed by atoms with E-state index in [0.717, 1.165) is 42.5 Å². The lowest BCUT2D eigenvalue weighted by molar-refractivity contribution is -0.124. The SMILES string of the molecule is CCCCCC(c1cccc(OC)c1OC)C(C(=O)Nc1cccc(CO[Si](C)(C)C(C)(C)C)c1)C(C)(C)C. The number of amides is 1. The van der Waals surface area contributed by atoms with Crippen molar-refractivity contribution in [1.82, 2.24) is 0 Å². The molecule has 39 heavy (non-hydrogen) atoms. The number of nitrogens with one attached hydrogen (secondary N) is 1. The zero-order valence-corrected chi connectivity index (χ0v) is 27.4. The van der Waals surface area contributed by atoms with Gasteiger partial charge in [-0.15, -0.1) is 0 Å². The molecule has 0 aliphatic carbocycles. The molecule has 0 radical (unpaired) electrons. The number of carbonyl (C=O) groups excluding carboxylic acids is 1. The standard InChI is InChI=1S/C33H53NO4Si/c1-12-13-14-19-26(27-20-16-21-28(36-8)30(27)37-9)29(32(2,3)4)31(35)34-25-18-15-17-24(22-25)23-38-39(10,11)33(5,6)7/h15-18,20-22,26,29H,12-14,19,23H2,1-11H3,(H,34,35). The number of hydrogen-bond donors (Lipinski definition) is 1. The zero-order chi connectivity index (χ0) is 29.4. The molecule has 218 valence electrons. The first kappa shape index (κ1) is 32.9. The van der Waals surface area contributed by atoms with Gasteiger partial charge in [0.15, 0.2) is 19.8 Å². The monoisotopic (exact) mass is 555 g/mol. The van der Waals surface area contributed by atoms with E-state index in [1.165, 1.54) is 0 Å². The Labute approximate surface area is 239 Å². The fourth-order valence-corrected chi connectivity index (χ4v) is 5.90. The van der Waals surface area contributed by atoms with Gasteiger partial charge in [0, 0.05) is 11.3 Å². The molecule has 0 aliphatic rings. The van der Waals surface area contributed by atoms with Crippen molar-refractivity contribution in [1.29, 1.82) is 0 Å². The first-order valence-electron chi connectivity index (χ1n) is 14.4. The summed E-state index contributed by atoms with van der Waals surface area (Å²) in [7, 11) is 1.46. The van der Waals surface area contributed by atoms with Gasteiger partial charge in [-0.3, -0.25) is 4.79 Å². The van der Waals surface area contributed by atoms with Crippen molar-refractivity contribution < 1.29 is 18.7 Å². The van der Waals surface area contributed by atoms with E-state index in [1.807, 2.05) is 30.3 Å². The van der Waals surface area contributed by atoms with E-state index in [0.29, 0.717) is 18.1 Å². The lowest BCUT2D eigenvalue weighted by atomic mass is 9.68. The maximum atomic E-state index is 14.1. The Kier molecular flexibility index (Phi) is 11.7. The van der Waals surface area contributed by atoms with Gasteiger partial charge in [0.25, 0.3) is 0 Å². The van der Waals surface area contributed by atoms with Gasteiger partial charge in [0.2, 0.25) is 5.91 Å². The highest BCUT2D eigenvalue weighted by atomic mass is 28.4. The van der Waals surface area contributed by atoms with Gasteiger partial charge in [-0.05, 0) is 59.6 Å². The summed E-state index contributed by atoms with van der Waals surface area (Å²) in [6, 6.07) is 14.1. The van der Waals surface area contributed by atoms with Crippen LogP contribution in [0.25, 0.3) is 0 Å². The smallest absolute Gasteiger partial charge is 0.228 e. The molecule has 0 aromatic heterocycles. The number of rotatable bonds is 13. The Bertz CT molecular complexity index is 1070. The summed E-state index contributed by atoms with van der Waals surface area (Å²) in [5, 5.41) is 3.41. The van der Waals surface area contributed by atoms with Crippen LogP contribution in [0.3, 0.4) is 0 Å². The van der Waals surface area contributed by atoms with Crippen molar-refractivity contribution >= 4 is 19.9 Å². The molecule has 5 nitrogen and oxygen atoms in total. The molecule has 2 atom stereocenters. The molecule has 2 unspecified atom stereocenters. The summed E-state index contributed by atoms with van der Waals surface area (Å²) in [6.07, 6.45) is 4.18. The summed E-state index contributed by atoms with van der Waals surface area (Å²) in [5.74, 6) is 1.14. The number of hydrogen-bond acceptors (Lipinski definition) is 4. The Morgan fingerprint density at radius 1 is 0.949 bits per heavy atom. The lowest BCUT2D eigenvalue weighted by Gasteiger charge is -2.37. The topological polar surface area (TPSA) is 56.8 Å². The molecule has 1 amide bonds. The van der Waals surface area contributed by atoms with E-state index in [9.17, 15) is 4.79 Å². The van der Waals surface area contributed by atoms with Gasteiger partial charge in [0.05, 0.1) is 26.7 Å². The summed E-state index contributed by atoms with van der Waals surface area (Å²) >= 11 is 0. The summed E-state index contributed by atoms with van der Waals surface area (Å²) in [4.78, 5) is 14.1. The van der Waals surface area contributed by atoms with E-state index in [4.69, 9.17) is 13.9 Å². The second-order valence-corrected chi connectivity index (χ2v) is 18.1. The van der Waals surface area contributed by atoms with Crippen LogP contribution in [0.4, 0.5) is 5.69 Å². The maximum absolute atomic E-state index is 14.1. The van der Waals surface area contributed by atoms with Crippen LogP contribution in [0.1, 0.15) is 91.2 Å². The minimum absolute atomic E-state index is 0.0216. The highest BCUT2D eigenvalue weighted by molar-refractivity contribution is 6.74. The van der Waals surface area contributed by atoms with Crippen LogP contribution in [0.15, 0.2) is 42.5 Å². The van der Waals surface area contributed by atoms with Crippen molar-refractivity contribution in [3.8, 4) is 11.5 Å². The quantitative estimate of drug-likeness (QED) is 0.198. The molecule has 1 N–H and O–H groups in total. The molecular formula is C33H53NO4Si. The molecule has 2 rings (SSSR count). The number of carbonyl (C=O) groups is 1. The second kappa shape index (κ2) is 13.8. The van der Waals surface area contributed by atoms with E-state index in [2.05, 4.69) is 79.0 Å². The normalized spacial score (nSPS) is 14.0. The summed E-state index contributed by atoms with van der Waals surface area (Å²) in [6.45, 7) is 20.5. The first-order valence-corrected chi connectivity index (χ1v) is 17.3. The largest absolute Gasteiger partial charge is 0.493 e. The first-order chi connectivity index (χ1) is 18.2. The molecule has 0 heterocycles. The number of ether oxygens (including phenoxy) is 2. The highest BCUT2D eigenvalue weighted by Crippen LogP contribution is 2.47. The maximum Gasteiger partial charge on any atom is 0.228 e. The van der Waals surface area contributed by atoms with Gasteiger partial charge in [-0.2, -0.15) is 0 Å². The molecule has 2 aromatic rings. The molecule has 0 saturated heterocycles. The van der Waals surface area contributed by atoms with Crippen LogP contribution >= 0.6 is 0 Å². The molecule has 2 aromatic carbocycles. The molecule has 0 aliphatic heterocycles. The minimum atomic E-state index is -1.87. The average Bonchev–Trinajstić information content (AvgIpc) is 2.85. The Morgan fingerprint density at radius 2 is 1.62 bits per heavy atom. The average molecular weight is 556 g/mol. The summed E-state index contributed by atoms with van der Waals surface area (Å²) in [5.41, 5.74) is 2.62. The van der Waals surface area contributed by atoms with E-state index in [-0.39, 0.29) is 28.2 Å². The Morgan fingerprint density at radius 3 is 2.18 bits per heavy atom. The van der Waals surface area contributed by atoms with Crippen LogP contribution in [-0.2, 0) is 15.8 Å². The molecule has 0 saturated carbocycles. The van der Waals surface area contributed by atoms with Crippen molar-refractivity contribution in [2.45, 2.75) is 105 Å². The predicted octanol–water partition coefficient (Wildman–Crippen LogP) is 9.19. The third-order valence-electron chi connectivity index (χ3n) is 8.17. The van der Waals surface area contributed by atoms with Crippen LogP contribution in [-0.4, -0.2) is 28.4 Å². The number of anilines is 1. The highest BCUT2D eigenvalue weighted by Gasteiger charge is 2.40. The molecular weight excluding hydrogens is 502 g/mol. The van der Waals surface area contributed by atoms with E-state index < -0.39 is 8.32 Å². The molecule has 0 fully saturated rings. The van der Waals surface area contributed by atoms with Gasteiger partial charge >= 0.3 is 0 Å². The van der Waals surface area contributed by atoms with Gasteiger partial charge < -0.3 is 19.2 Å². The van der Waals surface area contributed by atoms with E-state index >= 15 is 0 Å². The number of methoxy groups -OCH3 is 2. The Hall–Kier alpha value is -2.31. The Balaban J connectivity index is 2.41. The van der Waals surface area contributed by atoms with Gasteiger partial charge in [-0.25, -0.2) is 0 Å². The third-order valence-corrected chi connectivity index (χ3v) is 12.6. The van der Waals surface area contributed by atoms with Crippen LogP contribution in [0, 0.1) is 11.3 Å². The van der Waals surface area contributed by atoms with Crippen molar-refractivity contribution in [2.24, 2.45) is 11.3 Å². The summed E-state index contributed by atoms with van der Waals surface area (Å²) < 4.78 is 17.9. The zero-order valence-electron chi connectivity index (χ0n) is 26.4. The molecule has 6 heteroatoms. The second-order valence-electron chi connectivity index (χ2n) is 13.3. The van der Waals surface area contributed by atoms with Crippen molar-refractivity contribution in [2.75, 3.05) is 19.5 Å². The van der Waals surface area contributed by atoms with Crippen molar-refractivity contribution in [3.05, 3.63) is 53.6 Å². The predicted molar refractivity (Wildman–Crippen MR) is 166 cm³/mol. The van der Waals surface area contributed by atoms with Gasteiger partial charge in [-0.1, -0.05) is 92.0 Å². The van der Waals surface area contributed by atoms with Gasteiger partial charge in [0.1, 0.15) is 0 Å². The molecule has 0 bridgehead atoms. The molecule has 0 spiro atoms. The van der Waals surface area contributed by atoms with Crippen LogP contribution < -0.4 is 14.8 Å². The number of benzene rings is 2. The number of para-hydroxylation sites is 1. The number of unbranched alkanes of at least 4 members (excludes halogenated alkanes) is 2. The van der Waals surface area contributed by atoms with E-state index in [1.54, 1.807) is 14.2 Å². The van der Waals surface area contributed by atoms with Crippen LogP contribution in [0.2, 0.25) is 18.1 Å². The van der Waals surface area contributed by atoms with Crippen molar-refractivity contribution in [3.63, 3.8) is 0 Å². The fourth-order valence-electron chi connectivity index (χ4n) is 4.94. The van der Waals surface area contributed by atoms with Crippen LogP contribution in [0.5, 0.6) is 11.5 Å². The minimum Gasteiger partial charge on any atom is -0.493 e. The lowest BCUT2D eigenvalue weighted by Crippen LogP contribution is -2.40.